The average Bonchev–Trinajstić information content (AvgIpc) is 3.47. The third-order valence-corrected chi connectivity index (χ3v) is 7.28. The van der Waals surface area contributed by atoms with Crippen LogP contribution in [0.4, 0.5) is 0 Å². The first-order chi connectivity index (χ1) is 16.5. The Morgan fingerprint density at radius 3 is 2.76 bits per heavy atom. The first kappa shape index (κ1) is 24.4. The Hall–Kier alpha value is -2.71. The zero-order chi connectivity index (χ0) is 24.3. The number of nitrogens with zero attached hydrogens (tertiary/aromatic N) is 2. The number of unbranched alkanes of at least 4 members (excludes halogenated alkanes) is 1. The highest BCUT2D eigenvalue weighted by atomic mass is 16.6. The molecule has 2 bridgehead atoms. The molecule has 3 fully saturated rings. The fourth-order valence-electron chi connectivity index (χ4n) is 5.94. The topological polar surface area (TPSA) is 96.4 Å². The molecule has 4 rings (SSSR count). The van der Waals surface area contributed by atoms with Gasteiger partial charge in [-0.05, 0) is 38.2 Å². The van der Waals surface area contributed by atoms with Crippen LogP contribution in [0.5, 0.6) is 0 Å². The minimum absolute atomic E-state index is 0.00976. The zero-order valence-corrected chi connectivity index (χ0v) is 19.7. The lowest BCUT2D eigenvalue weighted by Gasteiger charge is -2.36. The van der Waals surface area contributed by atoms with Crippen molar-refractivity contribution in [3.63, 3.8) is 0 Å². The minimum atomic E-state index is -1.04. The zero-order valence-electron chi connectivity index (χ0n) is 19.7. The highest BCUT2D eigenvalue weighted by Gasteiger charge is 2.74. The van der Waals surface area contributed by atoms with Gasteiger partial charge in [0.1, 0.15) is 11.6 Å². The summed E-state index contributed by atoms with van der Waals surface area (Å²) >= 11 is 0. The smallest absolute Gasteiger partial charge is 0.312 e. The Balaban J connectivity index is 1.68. The van der Waals surface area contributed by atoms with Crippen molar-refractivity contribution in [2.45, 2.75) is 56.9 Å². The SMILES string of the molecule is C=CCN(Cc1ccccc1)C(=O)[C@@H]1N(CCCCO)C(=O)[C@H]2[C@H](C(=O)OCC)[C@@H]3CC[C@]12O3. The third-order valence-electron chi connectivity index (χ3n) is 7.28. The minimum Gasteiger partial charge on any atom is -0.466 e. The first-order valence-corrected chi connectivity index (χ1v) is 12.2. The molecule has 8 heteroatoms. The predicted molar refractivity (Wildman–Crippen MR) is 124 cm³/mol. The molecule has 5 atom stereocenters. The predicted octanol–water partition coefficient (Wildman–Crippen LogP) is 1.91. The van der Waals surface area contributed by atoms with Gasteiger partial charge in [-0.2, -0.15) is 0 Å². The third kappa shape index (κ3) is 4.14. The summed E-state index contributed by atoms with van der Waals surface area (Å²) in [6.07, 6.45) is 3.50. The quantitative estimate of drug-likeness (QED) is 0.302. The number of aliphatic hydroxyl groups excluding tert-OH is 1. The Morgan fingerprint density at radius 1 is 1.32 bits per heavy atom. The molecule has 2 amide bonds. The summed E-state index contributed by atoms with van der Waals surface area (Å²) in [4.78, 5) is 43.9. The number of carbonyl (C=O) groups is 3. The number of benzene rings is 1. The average molecular weight is 471 g/mol. The molecule has 3 saturated heterocycles. The highest BCUT2D eigenvalue weighted by molar-refractivity contribution is 5.98. The van der Waals surface area contributed by atoms with Gasteiger partial charge in [-0.3, -0.25) is 14.4 Å². The molecular formula is C26H34N2O6. The van der Waals surface area contributed by atoms with E-state index in [1.54, 1.807) is 22.8 Å². The van der Waals surface area contributed by atoms with Gasteiger partial charge in [0.25, 0.3) is 0 Å². The fourth-order valence-corrected chi connectivity index (χ4v) is 5.94. The summed E-state index contributed by atoms with van der Waals surface area (Å²) in [5, 5.41) is 9.27. The van der Waals surface area contributed by atoms with Crippen LogP contribution in [0, 0.1) is 11.8 Å². The van der Waals surface area contributed by atoms with Crippen LogP contribution in [0.3, 0.4) is 0 Å². The van der Waals surface area contributed by atoms with Gasteiger partial charge in [0.15, 0.2) is 0 Å². The number of amides is 2. The van der Waals surface area contributed by atoms with Crippen LogP contribution < -0.4 is 0 Å². The van der Waals surface area contributed by atoms with Crippen molar-refractivity contribution in [3.8, 4) is 0 Å². The van der Waals surface area contributed by atoms with E-state index in [0.717, 1.165) is 5.56 Å². The van der Waals surface area contributed by atoms with E-state index in [-0.39, 0.29) is 25.0 Å². The summed E-state index contributed by atoms with van der Waals surface area (Å²) in [7, 11) is 0. The maximum atomic E-state index is 14.1. The van der Waals surface area contributed by atoms with Crippen LogP contribution in [0.2, 0.25) is 0 Å². The first-order valence-electron chi connectivity index (χ1n) is 12.2. The van der Waals surface area contributed by atoms with Gasteiger partial charge in [-0.15, -0.1) is 6.58 Å². The molecule has 8 nitrogen and oxygen atoms in total. The summed E-state index contributed by atoms with van der Waals surface area (Å²) in [5.74, 6) is -2.27. The second-order valence-corrected chi connectivity index (χ2v) is 9.26. The second-order valence-electron chi connectivity index (χ2n) is 9.26. The molecule has 0 aliphatic carbocycles. The van der Waals surface area contributed by atoms with Gasteiger partial charge in [0.05, 0.1) is 24.5 Å². The molecule has 3 aliphatic rings. The van der Waals surface area contributed by atoms with Gasteiger partial charge in [-0.25, -0.2) is 0 Å². The highest BCUT2D eigenvalue weighted by Crippen LogP contribution is 2.58. The largest absolute Gasteiger partial charge is 0.466 e. The summed E-state index contributed by atoms with van der Waals surface area (Å²) < 4.78 is 11.7. The second kappa shape index (κ2) is 10.3. The van der Waals surface area contributed by atoms with Crippen LogP contribution in [0.15, 0.2) is 43.0 Å². The molecule has 0 radical (unpaired) electrons. The van der Waals surface area contributed by atoms with E-state index in [0.29, 0.717) is 45.3 Å². The molecule has 3 heterocycles. The van der Waals surface area contributed by atoms with Crippen molar-refractivity contribution in [2.75, 3.05) is 26.3 Å². The van der Waals surface area contributed by atoms with Crippen molar-refractivity contribution in [2.24, 2.45) is 11.8 Å². The van der Waals surface area contributed by atoms with Crippen molar-refractivity contribution in [1.82, 2.24) is 9.80 Å². The lowest BCUT2D eigenvalue weighted by atomic mass is 9.70. The number of esters is 1. The van der Waals surface area contributed by atoms with Crippen LogP contribution in [0.1, 0.15) is 38.2 Å². The van der Waals surface area contributed by atoms with Crippen molar-refractivity contribution in [3.05, 3.63) is 48.6 Å². The number of hydrogen-bond donors (Lipinski definition) is 1. The number of carbonyl (C=O) groups excluding carboxylic acids is 3. The molecule has 0 unspecified atom stereocenters. The Labute approximate surface area is 200 Å². The van der Waals surface area contributed by atoms with Crippen LogP contribution >= 0.6 is 0 Å². The van der Waals surface area contributed by atoms with Crippen LogP contribution in [0.25, 0.3) is 0 Å². The van der Waals surface area contributed by atoms with Gasteiger partial charge in [-0.1, -0.05) is 36.4 Å². The molecule has 1 N–H and O–H groups in total. The molecule has 1 spiro atoms. The fraction of sp³-hybridized carbons (Fsp3) is 0.577. The van der Waals surface area contributed by atoms with Crippen LogP contribution in [-0.2, 0) is 30.4 Å². The number of aliphatic hydroxyl groups is 1. The van der Waals surface area contributed by atoms with Crippen LogP contribution in [-0.4, -0.2) is 76.7 Å². The Kier molecular flexibility index (Phi) is 7.38. The number of likely N-dealkylation sites (tertiary alicyclic amines) is 1. The normalized spacial score (nSPS) is 29.2. The van der Waals surface area contributed by atoms with Crippen molar-refractivity contribution < 1.29 is 29.0 Å². The van der Waals surface area contributed by atoms with Gasteiger partial charge in [0.2, 0.25) is 11.8 Å². The maximum absolute atomic E-state index is 14.1. The lowest BCUT2D eigenvalue weighted by molar-refractivity contribution is -0.155. The molecule has 34 heavy (non-hydrogen) atoms. The van der Waals surface area contributed by atoms with E-state index in [9.17, 15) is 19.5 Å². The van der Waals surface area contributed by atoms with Crippen molar-refractivity contribution in [1.29, 1.82) is 0 Å². The molecule has 3 aliphatic heterocycles. The lowest BCUT2D eigenvalue weighted by Crippen LogP contribution is -2.56. The monoisotopic (exact) mass is 470 g/mol. The van der Waals surface area contributed by atoms with E-state index < -0.39 is 35.6 Å². The van der Waals surface area contributed by atoms with E-state index >= 15 is 0 Å². The van der Waals surface area contributed by atoms with Gasteiger partial charge >= 0.3 is 5.97 Å². The maximum Gasteiger partial charge on any atom is 0.312 e. The van der Waals surface area contributed by atoms with E-state index in [4.69, 9.17) is 9.47 Å². The summed E-state index contributed by atoms with van der Waals surface area (Å²) in [5.41, 5.74) is -0.0603. The molecular weight excluding hydrogens is 436 g/mol. The number of ether oxygens (including phenoxy) is 2. The summed E-state index contributed by atoms with van der Waals surface area (Å²) in [6, 6.07) is 8.86. The number of rotatable bonds is 11. The molecule has 0 aromatic heterocycles. The standard InChI is InChI=1S/C26H34N2O6/c1-3-14-27(17-18-10-6-5-7-11-18)24(31)22-26-13-12-19(34-26)20(25(32)33-4-2)21(26)23(30)28(22)15-8-9-16-29/h3,5-7,10-11,19-22,29H,1,4,8-9,12-17H2,2H3/t19-,20+,21+,22-,26+/m0/s1. The summed E-state index contributed by atoms with van der Waals surface area (Å²) in [6.45, 7) is 6.83. The molecule has 184 valence electrons. The molecule has 0 saturated carbocycles. The molecule has 1 aromatic carbocycles. The molecule has 1 aromatic rings. The Morgan fingerprint density at radius 2 is 2.09 bits per heavy atom. The van der Waals surface area contributed by atoms with E-state index in [1.807, 2.05) is 30.3 Å². The van der Waals surface area contributed by atoms with E-state index in [1.165, 1.54) is 0 Å². The Bertz CT molecular complexity index is 921. The number of hydrogen-bond acceptors (Lipinski definition) is 6. The van der Waals surface area contributed by atoms with Gasteiger partial charge in [0, 0.05) is 26.2 Å². The van der Waals surface area contributed by atoms with Crippen molar-refractivity contribution >= 4 is 17.8 Å². The number of fused-ring (bicyclic) bond motifs is 1. The van der Waals surface area contributed by atoms with Gasteiger partial charge < -0.3 is 24.4 Å². The van der Waals surface area contributed by atoms with E-state index in [2.05, 4.69) is 6.58 Å².